The Bertz CT molecular complexity index is 919. The minimum Gasteiger partial charge on any atom is -0.480 e. The Labute approximate surface area is 154 Å². The van der Waals surface area contributed by atoms with E-state index in [1.807, 2.05) is 0 Å². The number of ether oxygens (including phenoxy) is 1. The maximum absolute atomic E-state index is 10.6. The summed E-state index contributed by atoms with van der Waals surface area (Å²) in [5.74, 6) is -2.82. The summed E-state index contributed by atoms with van der Waals surface area (Å²) in [5.41, 5.74) is -1.50. The second-order valence-electron chi connectivity index (χ2n) is 4.41. The minimum absolute atomic E-state index is 0.150. The van der Waals surface area contributed by atoms with Gasteiger partial charge in [0.2, 0.25) is 5.88 Å². The summed E-state index contributed by atoms with van der Waals surface area (Å²) in [6, 6.07) is 1.76. The van der Waals surface area contributed by atoms with Gasteiger partial charge in [-0.05, 0) is 0 Å². The number of rotatable bonds is 5. The van der Waals surface area contributed by atoms with Gasteiger partial charge < -0.3 is 14.9 Å². The highest BCUT2D eigenvalue weighted by molar-refractivity contribution is 6.32. The topological polar surface area (TPSA) is 196 Å². The van der Waals surface area contributed by atoms with Crippen molar-refractivity contribution in [2.45, 2.75) is 0 Å². The van der Waals surface area contributed by atoms with Crippen LogP contribution in [0.15, 0.2) is 24.5 Å². The molecular formula is C13H9ClN4O9. The van der Waals surface area contributed by atoms with Crippen molar-refractivity contribution in [1.29, 1.82) is 0 Å². The maximum Gasteiger partial charge on any atom is 0.341 e. The Kier molecular flexibility index (Phi) is 7.06. The quantitative estimate of drug-likeness (QED) is 0.423. The number of carbonyl (C=O) groups is 2. The molecule has 2 aromatic rings. The summed E-state index contributed by atoms with van der Waals surface area (Å²) in [4.78, 5) is 47.0. The summed E-state index contributed by atoms with van der Waals surface area (Å²) in [6.07, 6.45) is 1.83. The number of halogens is 1. The molecule has 0 saturated heterocycles. The fourth-order valence-electron chi connectivity index (χ4n) is 1.54. The summed E-state index contributed by atoms with van der Waals surface area (Å²) < 4.78 is 4.63. The van der Waals surface area contributed by atoms with E-state index in [-0.39, 0.29) is 27.8 Å². The molecule has 0 aliphatic rings. The highest BCUT2D eigenvalue weighted by Gasteiger charge is 2.18. The van der Waals surface area contributed by atoms with Crippen molar-refractivity contribution in [3.8, 4) is 5.88 Å². The molecule has 142 valence electrons. The van der Waals surface area contributed by atoms with E-state index in [2.05, 4.69) is 14.7 Å². The molecule has 0 amide bonds. The number of aromatic carboxylic acids is 2. The van der Waals surface area contributed by atoms with Crippen LogP contribution >= 0.6 is 11.6 Å². The molecule has 2 N–H and O–H groups in total. The van der Waals surface area contributed by atoms with Gasteiger partial charge in [0, 0.05) is 12.1 Å². The molecule has 2 aromatic heterocycles. The number of methoxy groups -OCH3 is 1. The number of aromatic nitrogens is 2. The van der Waals surface area contributed by atoms with Gasteiger partial charge in [-0.1, -0.05) is 11.6 Å². The molecule has 27 heavy (non-hydrogen) atoms. The molecule has 2 heterocycles. The fraction of sp³-hybridized carbons (Fsp3) is 0.0769. The standard InChI is InChI=1S/C7H6N2O5.C6H3ClN2O4/c1-14-6-5(7(10)11)2-4(3-8-6)9(12)13;7-5-4(6(10)11)1-3(2-8-5)9(12)13/h2-3H,1H3,(H,10,11);1-2H,(H,10,11). The summed E-state index contributed by atoms with van der Waals surface area (Å²) in [7, 11) is 1.24. The first-order valence-corrected chi connectivity index (χ1v) is 6.91. The molecule has 0 spiro atoms. The van der Waals surface area contributed by atoms with E-state index in [9.17, 15) is 29.8 Å². The zero-order valence-corrected chi connectivity index (χ0v) is 14.0. The Morgan fingerprint density at radius 1 is 1.00 bits per heavy atom. The van der Waals surface area contributed by atoms with E-state index in [0.717, 1.165) is 24.5 Å². The molecule has 0 bridgehead atoms. The minimum atomic E-state index is -1.35. The zero-order valence-electron chi connectivity index (χ0n) is 13.2. The lowest BCUT2D eigenvalue weighted by molar-refractivity contribution is -0.385. The first-order valence-electron chi connectivity index (χ1n) is 6.53. The maximum atomic E-state index is 10.6. The van der Waals surface area contributed by atoms with Crippen LogP contribution in [0.1, 0.15) is 20.7 Å². The molecule has 0 saturated carbocycles. The molecule has 0 fully saturated rings. The fourth-order valence-corrected chi connectivity index (χ4v) is 1.73. The number of nitro groups is 2. The van der Waals surface area contributed by atoms with Gasteiger partial charge in [0.15, 0.2) is 0 Å². The van der Waals surface area contributed by atoms with Crippen LogP contribution in [-0.4, -0.2) is 49.1 Å². The van der Waals surface area contributed by atoms with Gasteiger partial charge in [-0.15, -0.1) is 0 Å². The average Bonchev–Trinajstić information content (AvgIpc) is 2.61. The molecule has 0 atom stereocenters. The Hall–Kier alpha value is -3.87. The Morgan fingerprint density at radius 2 is 1.44 bits per heavy atom. The Balaban J connectivity index is 0.000000271. The monoisotopic (exact) mass is 400 g/mol. The van der Waals surface area contributed by atoms with Crippen LogP contribution < -0.4 is 4.74 Å². The first kappa shape index (κ1) is 21.2. The molecule has 0 radical (unpaired) electrons. The van der Waals surface area contributed by atoms with Gasteiger partial charge in [0.05, 0.1) is 17.0 Å². The largest absolute Gasteiger partial charge is 0.480 e. The van der Waals surface area contributed by atoms with Crippen LogP contribution in [0, 0.1) is 20.2 Å². The van der Waals surface area contributed by atoms with Gasteiger partial charge in [0.25, 0.3) is 11.4 Å². The van der Waals surface area contributed by atoms with E-state index >= 15 is 0 Å². The van der Waals surface area contributed by atoms with Crippen molar-refractivity contribution in [2.24, 2.45) is 0 Å². The second kappa shape index (κ2) is 9.00. The molecule has 14 heteroatoms. The third-order valence-electron chi connectivity index (χ3n) is 2.74. The van der Waals surface area contributed by atoms with E-state index in [0.29, 0.717) is 0 Å². The van der Waals surface area contributed by atoms with Crippen LogP contribution in [0.25, 0.3) is 0 Å². The van der Waals surface area contributed by atoms with E-state index in [1.54, 1.807) is 0 Å². The molecule has 13 nitrogen and oxygen atoms in total. The lowest BCUT2D eigenvalue weighted by Gasteiger charge is -2.01. The molecule has 0 aromatic carbocycles. The van der Waals surface area contributed by atoms with E-state index in [4.69, 9.17) is 21.8 Å². The van der Waals surface area contributed by atoms with Crippen LogP contribution in [-0.2, 0) is 0 Å². The number of carboxylic acids is 2. The highest BCUT2D eigenvalue weighted by atomic mass is 35.5. The number of nitrogens with zero attached hydrogens (tertiary/aromatic N) is 4. The Morgan fingerprint density at radius 3 is 1.85 bits per heavy atom. The van der Waals surface area contributed by atoms with Crippen molar-refractivity contribution in [2.75, 3.05) is 7.11 Å². The van der Waals surface area contributed by atoms with Gasteiger partial charge in [-0.25, -0.2) is 19.6 Å². The molecule has 0 unspecified atom stereocenters. The van der Waals surface area contributed by atoms with Gasteiger partial charge in [-0.3, -0.25) is 20.2 Å². The number of carboxylic acid groups (broad SMARTS) is 2. The van der Waals surface area contributed by atoms with Gasteiger partial charge in [0.1, 0.15) is 28.7 Å². The van der Waals surface area contributed by atoms with Crippen molar-refractivity contribution in [1.82, 2.24) is 9.97 Å². The smallest absolute Gasteiger partial charge is 0.341 e. The molecule has 2 rings (SSSR count). The normalized spacial score (nSPS) is 9.56. The van der Waals surface area contributed by atoms with Crippen molar-refractivity contribution >= 4 is 34.9 Å². The van der Waals surface area contributed by atoms with Crippen molar-refractivity contribution < 1.29 is 34.4 Å². The third-order valence-corrected chi connectivity index (χ3v) is 3.04. The first-order chi connectivity index (χ1) is 12.6. The second-order valence-corrected chi connectivity index (χ2v) is 4.76. The molecule has 0 aliphatic carbocycles. The van der Waals surface area contributed by atoms with Crippen LogP contribution in [0.4, 0.5) is 11.4 Å². The van der Waals surface area contributed by atoms with Crippen LogP contribution in [0.3, 0.4) is 0 Å². The highest BCUT2D eigenvalue weighted by Crippen LogP contribution is 2.20. The average molecular weight is 401 g/mol. The van der Waals surface area contributed by atoms with Crippen LogP contribution in [0.5, 0.6) is 5.88 Å². The number of pyridine rings is 2. The molecule has 0 aliphatic heterocycles. The summed E-state index contributed by atoms with van der Waals surface area (Å²) in [6.45, 7) is 0. The molecular weight excluding hydrogens is 392 g/mol. The lowest BCUT2D eigenvalue weighted by atomic mass is 10.2. The third kappa shape index (κ3) is 5.57. The number of hydrogen-bond acceptors (Lipinski definition) is 9. The predicted molar refractivity (Wildman–Crippen MR) is 87.3 cm³/mol. The van der Waals surface area contributed by atoms with Gasteiger partial charge >= 0.3 is 11.9 Å². The summed E-state index contributed by atoms with van der Waals surface area (Å²) in [5, 5.41) is 37.4. The van der Waals surface area contributed by atoms with Crippen molar-refractivity contribution in [3.63, 3.8) is 0 Å². The van der Waals surface area contributed by atoms with Crippen LogP contribution in [0.2, 0.25) is 5.15 Å². The SMILES string of the molecule is COc1ncc([N+](=O)[O-])cc1C(=O)O.O=C(O)c1cc([N+](=O)[O-])cnc1Cl. The zero-order chi connectivity index (χ0) is 20.7. The number of hydrogen-bond donors (Lipinski definition) is 2. The van der Waals surface area contributed by atoms with E-state index < -0.39 is 27.5 Å². The van der Waals surface area contributed by atoms with Crippen molar-refractivity contribution in [3.05, 3.63) is 61.0 Å². The van der Waals surface area contributed by atoms with E-state index in [1.165, 1.54) is 7.11 Å². The lowest BCUT2D eigenvalue weighted by Crippen LogP contribution is -2.03. The van der Waals surface area contributed by atoms with Gasteiger partial charge in [-0.2, -0.15) is 0 Å². The summed E-state index contributed by atoms with van der Waals surface area (Å²) >= 11 is 5.38. The predicted octanol–water partition coefficient (Wildman–Crippen LogP) is 2.04.